The number of anilines is 1. The molecule has 0 aliphatic heterocycles. The van der Waals surface area contributed by atoms with E-state index in [2.05, 4.69) is 21.0 Å². The zero-order chi connectivity index (χ0) is 11.0. The van der Waals surface area contributed by atoms with Gasteiger partial charge in [0, 0.05) is 18.2 Å². The fraction of sp³-hybridized carbons (Fsp3) is 0.100. The molecule has 1 heterocycles. The van der Waals surface area contributed by atoms with Crippen molar-refractivity contribution in [2.45, 2.75) is 0 Å². The number of benzene rings is 1. The highest BCUT2D eigenvalue weighted by Gasteiger charge is 2.12. The van der Waals surface area contributed by atoms with Crippen LogP contribution in [0.15, 0.2) is 28.9 Å². The van der Waals surface area contributed by atoms with E-state index in [0.717, 1.165) is 5.56 Å². The zero-order valence-corrected chi connectivity index (χ0v) is 9.69. The number of hydrogen-bond donors (Lipinski definition) is 2. The third-order valence-electron chi connectivity index (χ3n) is 2.26. The molecule has 0 bridgehead atoms. The van der Waals surface area contributed by atoms with Crippen LogP contribution in [-0.4, -0.2) is 14.9 Å². The number of nitrogen functional groups attached to an aromatic ring is 1. The first-order valence-electron chi connectivity index (χ1n) is 4.36. The Bertz CT molecular complexity index is 507. The van der Waals surface area contributed by atoms with Gasteiger partial charge in [-0.05, 0) is 22.0 Å². The second kappa shape index (κ2) is 3.58. The van der Waals surface area contributed by atoms with Crippen LogP contribution < -0.4 is 5.73 Å². The molecule has 0 fully saturated rings. The van der Waals surface area contributed by atoms with Crippen molar-refractivity contribution in [3.63, 3.8) is 0 Å². The van der Waals surface area contributed by atoms with Crippen molar-refractivity contribution in [3.05, 3.63) is 28.9 Å². The molecule has 0 aliphatic carbocycles. The van der Waals surface area contributed by atoms with E-state index in [4.69, 9.17) is 5.73 Å². The van der Waals surface area contributed by atoms with Gasteiger partial charge in [0.1, 0.15) is 11.6 Å². The van der Waals surface area contributed by atoms with Gasteiger partial charge in [0.25, 0.3) is 0 Å². The molecule has 0 atom stereocenters. The van der Waals surface area contributed by atoms with Crippen LogP contribution in [-0.2, 0) is 7.05 Å². The molecule has 0 saturated carbocycles. The van der Waals surface area contributed by atoms with Gasteiger partial charge in [-0.15, -0.1) is 0 Å². The SMILES string of the molecule is Cn1ncc(-c2cccc(Br)c2O)c1N. The summed E-state index contributed by atoms with van der Waals surface area (Å²) in [4.78, 5) is 0. The molecule has 1 aromatic carbocycles. The lowest BCUT2D eigenvalue weighted by Gasteiger charge is -2.05. The highest BCUT2D eigenvalue weighted by atomic mass is 79.9. The van der Waals surface area contributed by atoms with E-state index in [1.54, 1.807) is 30.1 Å². The molecule has 15 heavy (non-hydrogen) atoms. The summed E-state index contributed by atoms with van der Waals surface area (Å²) in [5.41, 5.74) is 7.24. The van der Waals surface area contributed by atoms with Crippen molar-refractivity contribution in [1.82, 2.24) is 9.78 Å². The Balaban J connectivity index is 2.64. The van der Waals surface area contributed by atoms with Crippen molar-refractivity contribution in [3.8, 4) is 16.9 Å². The number of hydrogen-bond acceptors (Lipinski definition) is 3. The van der Waals surface area contributed by atoms with Gasteiger partial charge < -0.3 is 10.8 Å². The van der Waals surface area contributed by atoms with E-state index in [1.807, 2.05) is 6.07 Å². The van der Waals surface area contributed by atoms with Gasteiger partial charge >= 0.3 is 0 Å². The Kier molecular flexibility index (Phi) is 2.40. The van der Waals surface area contributed by atoms with E-state index in [9.17, 15) is 5.11 Å². The topological polar surface area (TPSA) is 64.1 Å². The van der Waals surface area contributed by atoms with Crippen LogP contribution in [0.1, 0.15) is 0 Å². The van der Waals surface area contributed by atoms with Crippen molar-refractivity contribution in [2.75, 3.05) is 5.73 Å². The maximum Gasteiger partial charge on any atom is 0.137 e. The summed E-state index contributed by atoms with van der Waals surface area (Å²) in [6, 6.07) is 5.41. The van der Waals surface area contributed by atoms with Gasteiger partial charge in [-0.1, -0.05) is 12.1 Å². The van der Waals surface area contributed by atoms with Crippen LogP contribution >= 0.6 is 15.9 Å². The van der Waals surface area contributed by atoms with Gasteiger partial charge in [0.05, 0.1) is 10.7 Å². The Morgan fingerprint density at radius 1 is 1.40 bits per heavy atom. The van der Waals surface area contributed by atoms with Crippen molar-refractivity contribution >= 4 is 21.7 Å². The molecule has 78 valence electrons. The fourth-order valence-corrected chi connectivity index (χ4v) is 1.75. The molecular formula is C10H10BrN3O. The third kappa shape index (κ3) is 1.59. The predicted molar refractivity (Wildman–Crippen MR) is 62.4 cm³/mol. The number of rotatable bonds is 1. The van der Waals surface area contributed by atoms with Crippen LogP contribution in [0.3, 0.4) is 0 Å². The largest absolute Gasteiger partial charge is 0.506 e. The number of para-hydroxylation sites is 1. The lowest BCUT2D eigenvalue weighted by atomic mass is 10.1. The summed E-state index contributed by atoms with van der Waals surface area (Å²) in [6.45, 7) is 0. The molecule has 2 rings (SSSR count). The van der Waals surface area contributed by atoms with Gasteiger partial charge in [-0.2, -0.15) is 5.10 Å². The maximum atomic E-state index is 9.85. The molecule has 0 saturated heterocycles. The summed E-state index contributed by atoms with van der Waals surface area (Å²) in [7, 11) is 1.76. The summed E-state index contributed by atoms with van der Waals surface area (Å²) >= 11 is 3.26. The molecule has 4 nitrogen and oxygen atoms in total. The second-order valence-electron chi connectivity index (χ2n) is 3.20. The number of halogens is 1. The van der Waals surface area contributed by atoms with Gasteiger partial charge in [0.2, 0.25) is 0 Å². The first-order valence-corrected chi connectivity index (χ1v) is 5.16. The Labute approximate surface area is 95.5 Å². The average molecular weight is 268 g/mol. The van der Waals surface area contributed by atoms with Gasteiger partial charge in [-0.3, -0.25) is 4.68 Å². The monoisotopic (exact) mass is 267 g/mol. The number of aromatic nitrogens is 2. The minimum atomic E-state index is 0.178. The number of aromatic hydroxyl groups is 1. The maximum absolute atomic E-state index is 9.85. The summed E-state index contributed by atoms with van der Waals surface area (Å²) < 4.78 is 2.21. The normalized spacial score (nSPS) is 10.5. The first-order chi connectivity index (χ1) is 7.11. The lowest BCUT2D eigenvalue weighted by Crippen LogP contribution is -1.98. The van der Waals surface area contributed by atoms with E-state index < -0.39 is 0 Å². The molecule has 1 aromatic heterocycles. The van der Waals surface area contributed by atoms with E-state index in [1.165, 1.54) is 0 Å². The summed E-state index contributed by atoms with van der Waals surface area (Å²) in [5, 5.41) is 13.9. The van der Waals surface area contributed by atoms with Crippen LogP contribution in [0.2, 0.25) is 0 Å². The van der Waals surface area contributed by atoms with Crippen molar-refractivity contribution in [1.29, 1.82) is 0 Å². The standard InChI is InChI=1S/C10H10BrN3O/c1-14-10(12)7(5-13-14)6-3-2-4-8(11)9(6)15/h2-5,15H,12H2,1H3. The zero-order valence-electron chi connectivity index (χ0n) is 8.11. The minimum absolute atomic E-state index is 0.178. The van der Waals surface area contributed by atoms with Crippen LogP contribution in [0.4, 0.5) is 5.82 Å². The molecule has 0 aliphatic rings. The quantitative estimate of drug-likeness (QED) is 0.832. The molecule has 2 aromatic rings. The Morgan fingerprint density at radius 2 is 2.13 bits per heavy atom. The lowest BCUT2D eigenvalue weighted by molar-refractivity contribution is 0.474. The number of nitrogens with zero attached hydrogens (tertiary/aromatic N) is 2. The molecule has 3 N–H and O–H groups in total. The summed E-state index contributed by atoms with van der Waals surface area (Å²) in [5.74, 6) is 0.709. The fourth-order valence-electron chi connectivity index (χ4n) is 1.39. The number of phenolic OH excluding ortho intramolecular Hbond substituents is 1. The second-order valence-corrected chi connectivity index (χ2v) is 4.06. The number of phenols is 1. The number of nitrogens with two attached hydrogens (primary N) is 1. The smallest absolute Gasteiger partial charge is 0.137 e. The molecule has 0 amide bonds. The molecule has 5 heteroatoms. The highest BCUT2D eigenvalue weighted by Crippen LogP contribution is 2.37. The third-order valence-corrected chi connectivity index (χ3v) is 2.90. The highest BCUT2D eigenvalue weighted by molar-refractivity contribution is 9.10. The summed E-state index contributed by atoms with van der Waals surface area (Å²) in [6.07, 6.45) is 1.64. The van der Waals surface area contributed by atoms with Crippen LogP contribution in [0.25, 0.3) is 11.1 Å². The van der Waals surface area contributed by atoms with Crippen molar-refractivity contribution < 1.29 is 5.11 Å². The Morgan fingerprint density at radius 3 is 2.73 bits per heavy atom. The van der Waals surface area contributed by atoms with Gasteiger partial charge in [-0.25, -0.2) is 0 Å². The van der Waals surface area contributed by atoms with Crippen LogP contribution in [0, 0.1) is 0 Å². The first kappa shape index (κ1) is 10.0. The molecular weight excluding hydrogens is 258 g/mol. The Hall–Kier alpha value is -1.49. The number of aryl methyl sites for hydroxylation is 1. The minimum Gasteiger partial charge on any atom is -0.506 e. The average Bonchev–Trinajstić information content (AvgIpc) is 2.53. The predicted octanol–water partition coefficient (Wildman–Crippen LogP) is 2.14. The molecule has 0 radical (unpaired) electrons. The molecule has 0 spiro atoms. The van der Waals surface area contributed by atoms with E-state index in [0.29, 0.717) is 15.9 Å². The molecule has 0 unspecified atom stereocenters. The van der Waals surface area contributed by atoms with Gasteiger partial charge in [0.15, 0.2) is 0 Å². The van der Waals surface area contributed by atoms with Crippen molar-refractivity contribution in [2.24, 2.45) is 7.05 Å². The van der Waals surface area contributed by atoms with Crippen LogP contribution in [0.5, 0.6) is 5.75 Å². The van der Waals surface area contributed by atoms with E-state index in [-0.39, 0.29) is 5.75 Å². The van der Waals surface area contributed by atoms with E-state index >= 15 is 0 Å².